The Morgan fingerprint density at radius 1 is 1.18 bits per heavy atom. The van der Waals surface area contributed by atoms with E-state index >= 15 is 0 Å². The van der Waals surface area contributed by atoms with Crippen molar-refractivity contribution < 1.29 is 14.4 Å². The molecule has 1 aromatic heterocycles. The van der Waals surface area contributed by atoms with Crippen LogP contribution in [0.2, 0.25) is 5.02 Å². The fourth-order valence-electron chi connectivity index (χ4n) is 4.06. The number of nitrogens with zero attached hydrogens (tertiary/aromatic N) is 3. The van der Waals surface area contributed by atoms with Crippen LogP contribution in [0.3, 0.4) is 0 Å². The Morgan fingerprint density at radius 2 is 1.86 bits per heavy atom. The monoisotopic (exact) mass is 400 g/mol. The van der Waals surface area contributed by atoms with E-state index in [0.717, 1.165) is 5.56 Å². The van der Waals surface area contributed by atoms with Gasteiger partial charge in [-0.15, -0.1) is 0 Å². The van der Waals surface area contributed by atoms with Crippen LogP contribution in [0.4, 0.5) is 4.79 Å². The Hall–Kier alpha value is -2.80. The van der Waals surface area contributed by atoms with Crippen LogP contribution in [0.15, 0.2) is 42.6 Å². The number of carbonyl (C=O) groups excluding carboxylic acids is 3. The molecule has 0 radical (unpaired) electrons. The van der Waals surface area contributed by atoms with Gasteiger partial charge in [0.2, 0.25) is 0 Å². The van der Waals surface area contributed by atoms with Crippen molar-refractivity contribution in [3.05, 3.63) is 58.9 Å². The maximum absolute atomic E-state index is 12.8. The lowest BCUT2D eigenvalue weighted by atomic mass is 9.85. The lowest BCUT2D eigenvalue weighted by Gasteiger charge is -2.42. The van der Waals surface area contributed by atoms with E-state index in [0.29, 0.717) is 43.2 Å². The number of carbonyl (C=O) groups is 3. The van der Waals surface area contributed by atoms with Gasteiger partial charge in [0.1, 0.15) is 11.2 Å². The van der Waals surface area contributed by atoms with Crippen LogP contribution in [0.25, 0.3) is 0 Å². The molecule has 1 N–H and O–H groups in total. The van der Waals surface area contributed by atoms with Gasteiger partial charge >= 0.3 is 6.03 Å². The molecule has 1 spiro atoms. The minimum absolute atomic E-state index is 0.122. The molecule has 0 saturated carbocycles. The van der Waals surface area contributed by atoms with Gasteiger partial charge in [-0.05, 0) is 24.5 Å². The van der Waals surface area contributed by atoms with Crippen molar-refractivity contribution in [2.24, 2.45) is 7.05 Å². The number of amides is 4. The molecule has 2 saturated heterocycles. The van der Waals surface area contributed by atoms with Crippen LogP contribution in [0.5, 0.6) is 0 Å². The molecule has 0 atom stereocenters. The summed E-state index contributed by atoms with van der Waals surface area (Å²) < 4.78 is 1.70. The van der Waals surface area contributed by atoms with Crippen molar-refractivity contribution in [3.8, 4) is 0 Å². The van der Waals surface area contributed by atoms with Crippen molar-refractivity contribution in [1.82, 2.24) is 19.7 Å². The van der Waals surface area contributed by atoms with Gasteiger partial charge in [-0.25, -0.2) is 4.79 Å². The summed E-state index contributed by atoms with van der Waals surface area (Å²) >= 11 is 5.99. The Labute approximate surface area is 167 Å². The highest BCUT2D eigenvalue weighted by Gasteiger charge is 2.54. The van der Waals surface area contributed by atoms with E-state index in [9.17, 15) is 14.4 Å². The van der Waals surface area contributed by atoms with Gasteiger partial charge < -0.3 is 14.4 Å². The average Bonchev–Trinajstić information content (AvgIpc) is 3.14. The predicted octanol–water partition coefficient (Wildman–Crippen LogP) is 2.41. The van der Waals surface area contributed by atoms with Gasteiger partial charge in [0.25, 0.3) is 11.8 Å². The third-order valence-corrected chi connectivity index (χ3v) is 5.86. The second-order valence-corrected chi connectivity index (χ2v) is 7.75. The molecule has 0 bridgehead atoms. The van der Waals surface area contributed by atoms with Crippen molar-refractivity contribution in [2.45, 2.75) is 24.9 Å². The van der Waals surface area contributed by atoms with Gasteiger partial charge in [-0.1, -0.05) is 41.9 Å². The fourth-order valence-corrected chi connectivity index (χ4v) is 4.31. The molecule has 146 valence electrons. The molecule has 2 aromatic rings. The number of likely N-dealkylation sites (tertiary alicyclic amines) is 1. The normalized spacial score (nSPS) is 18.6. The van der Waals surface area contributed by atoms with Gasteiger partial charge in [0, 0.05) is 32.9 Å². The number of halogens is 1. The number of aryl methyl sites for hydroxylation is 1. The first-order valence-corrected chi connectivity index (χ1v) is 9.57. The Balaban J connectivity index is 1.52. The number of benzene rings is 1. The zero-order valence-electron chi connectivity index (χ0n) is 15.5. The predicted molar refractivity (Wildman–Crippen MR) is 104 cm³/mol. The smallest absolute Gasteiger partial charge is 0.325 e. The van der Waals surface area contributed by atoms with Crippen LogP contribution in [0.1, 0.15) is 28.9 Å². The molecule has 8 heteroatoms. The van der Waals surface area contributed by atoms with Gasteiger partial charge in [0.05, 0.1) is 5.02 Å². The van der Waals surface area contributed by atoms with Gasteiger partial charge in [0.15, 0.2) is 0 Å². The number of hydrogen-bond donors (Lipinski definition) is 1. The van der Waals surface area contributed by atoms with Crippen molar-refractivity contribution in [1.29, 1.82) is 0 Å². The lowest BCUT2D eigenvalue weighted by molar-refractivity contribution is -0.129. The molecule has 28 heavy (non-hydrogen) atoms. The molecule has 4 rings (SSSR count). The topological polar surface area (TPSA) is 74.6 Å². The minimum atomic E-state index is -0.907. The molecule has 0 unspecified atom stereocenters. The Bertz CT molecular complexity index is 932. The van der Waals surface area contributed by atoms with E-state index < -0.39 is 5.54 Å². The first-order chi connectivity index (χ1) is 13.4. The third kappa shape index (κ3) is 3.05. The number of piperidine rings is 1. The summed E-state index contributed by atoms with van der Waals surface area (Å²) in [6.07, 6.45) is 2.49. The van der Waals surface area contributed by atoms with E-state index in [4.69, 9.17) is 11.6 Å². The van der Waals surface area contributed by atoms with Crippen LogP contribution < -0.4 is 5.32 Å². The number of urea groups is 1. The van der Waals surface area contributed by atoms with E-state index in [1.807, 2.05) is 30.3 Å². The highest BCUT2D eigenvalue weighted by molar-refractivity contribution is 6.31. The summed E-state index contributed by atoms with van der Waals surface area (Å²) in [7, 11) is 1.77. The summed E-state index contributed by atoms with van der Waals surface area (Å²) in [5.41, 5.74) is 0.563. The fraction of sp³-hybridized carbons (Fsp3) is 0.350. The molecule has 0 aliphatic carbocycles. The zero-order chi connectivity index (χ0) is 19.9. The second kappa shape index (κ2) is 6.98. The number of nitrogens with one attached hydrogen (secondary N) is 1. The van der Waals surface area contributed by atoms with Crippen LogP contribution in [-0.4, -0.2) is 50.8 Å². The van der Waals surface area contributed by atoms with E-state index in [2.05, 4.69) is 5.32 Å². The quantitative estimate of drug-likeness (QED) is 0.804. The summed E-state index contributed by atoms with van der Waals surface area (Å²) in [5.74, 6) is -0.397. The molecule has 3 heterocycles. The van der Waals surface area contributed by atoms with Crippen LogP contribution in [-0.2, 0) is 18.4 Å². The van der Waals surface area contributed by atoms with Crippen molar-refractivity contribution in [3.63, 3.8) is 0 Å². The molecule has 4 amide bonds. The van der Waals surface area contributed by atoms with E-state index in [1.165, 1.54) is 0 Å². The summed E-state index contributed by atoms with van der Waals surface area (Å²) in [4.78, 5) is 41.3. The van der Waals surface area contributed by atoms with Gasteiger partial charge in [-0.3, -0.25) is 14.9 Å². The number of aromatic nitrogens is 1. The Morgan fingerprint density at radius 3 is 2.46 bits per heavy atom. The van der Waals surface area contributed by atoms with Crippen molar-refractivity contribution >= 4 is 29.4 Å². The Kier molecular flexibility index (Phi) is 4.63. The molecular formula is C20H21ClN4O3. The molecule has 2 aliphatic rings. The standard InChI is InChI=1S/C20H21ClN4O3/c1-23-13-15(21)11-16(23)17(26)24-9-7-20(8-10-24)18(27)22-19(28)25(20)12-14-5-3-2-4-6-14/h2-6,11,13H,7-10,12H2,1H3,(H,22,27,28). The third-order valence-electron chi connectivity index (χ3n) is 5.66. The highest BCUT2D eigenvalue weighted by atomic mass is 35.5. The average molecular weight is 401 g/mol. The molecule has 1 aromatic carbocycles. The molecular weight excluding hydrogens is 380 g/mol. The molecule has 2 aliphatic heterocycles. The summed E-state index contributed by atoms with van der Waals surface area (Å²) in [6.45, 7) is 1.15. The maximum atomic E-state index is 12.8. The highest BCUT2D eigenvalue weighted by Crippen LogP contribution is 2.35. The number of rotatable bonds is 3. The number of imide groups is 1. The summed E-state index contributed by atoms with van der Waals surface area (Å²) in [6, 6.07) is 10.9. The zero-order valence-corrected chi connectivity index (χ0v) is 16.3. The first kappa shape index (κ1) is 18.6. The molecule has 7 nitrogen and oxygen atoms in total. The van der Waals surface area contributed by atoms with Crippen molar-refractivity contribution in [2.75, 3.05) is 13.1 Å². The first-order valence-electron chi connectivity index (χ1n) is 9.19. The van der Waals surface area contributed by atoms with E-state index in [1.54, 1.807) is 33.7 Å². The second-order valence-electron chi connectivity index (χ2n) is 7.31. The van der Waals surface area contributed by atoms with E-state index in [-0.39, 0.29) is 17.8 Å². The number of hydrogen-bond acceptors (Lipinski definition) is 3. The van der Waals surface area contributed by atoms with Gasteiger partial charge in [-0.2, -0.15) is 0 Å². The SMILES string of the molecule is Cn1cc(Cl)cc1C(=O)N1CCC2(CC1)C(=O)NC(=O)N2Cc1ccccc1. The van der Waals surface area contributed by atoms with Crippen LogP contribution in [0, 0.1) is 0 Å². The van der Waals surface area contributed by atoms with Crippen LogP contribution >= 0.6 is 11.6 Å². The molecule has 2 fully saturated rings. The minimum Gasteiger partial charge on any atom is -0.345 e. The largest absolute Gasteiger partial charge is 0.345 e. The summed E-state index contributed by atoms with van der Waals surface area (Å²) in [5, 5.41) is 2.97. The lowest BCUT2D eigenvalue weighted by Crippen LogP contribution is -2.57. The maximum Gasteiger partial charge on any atom is 0.325 e.